The highest BCUT2D eigenvalue weighted by molar-refractivity contribution is 6.31. The number of aromatic nitrogens is 2. The average molecular weight is 556 g/mol. The van der Waals surface area contributed by atoms with Gasteiger partial charge in [-0.05, 0) is 73.5 Å². The van der Waals surface area contributed by atoms with E-state index in [4.69, 9.17) is 16.6 Å². The summed E-state index contributed by atoms with van der Waals surface area (Å²) in [6.07, 6.45) is 0.356. The maximum absolute atomic E-state index is 12.8. The van der Waals surface area contributed by atoms with Crippen molar-refractivity contribution in [1.82, 2.24) is 9.97 Å². The third-order valence-corrected chi connectivity index (χ3v) is 6.48. The molecule has 1 aromatic heterocycles. The van der Waals surface area contributed by atoms with Gasteiger partial charge in [0.25, 0.3) is 0 Å². The Balaban J connectivity index is 0.000000229. The summed E-state index contributed by atoms with van der Waals surface area (Å²) in [6, 6.07) is 15.9. The zero-order valence-electron chi connectivity index (χ0n) is 20.9. The van der Waals surface area contributed by atoms with Crippen molar-refractivity contribution in [2.45, 2.75) is 19.0 Å². The molecule has 0 aliphatic carbocycles. The number of halogens is 4. The Labute approximate surface area is 228 Å². The van der Waals surface area contributed by atoms with Gasteiger partial charge in [0.05, 0.1) is 27.8 Å². The molecule has 1 aliphatic rings. The van der Waals surface area contributed by atoms with Crippen LogP contribution in [0.4, 0.5) is 30.4 Å². The summed E-state index contributed by atoms with van der Waals surface area (Å²) in [4.78, 5) is 34.6. The van der Waals surface area contributed by atoms with E-state index >= 15 is 0 Å². The number of anilines is 3. The van der Waals surface area contributed by atoms with Crippen LogP contribution in [-0.4, -0.2) is 42.3 Å². The monoisotopic (exact) mass is 555 g/mol. The molecule has 1 aliphatic heterocycles. The number of carbonyl (C=O) groups is 2. The number of ketones is 1. The molecule has 11 heteroatoms. The summed E-state index contributed by atoms with van der Waals surface area (Å²) < 4.78 is 36.8. The Morgan fingerprint density at radius 3 is 2.26 bits per heavy atom. The summed E-state index contributed by atoms with van der Waals surface area (Å²) >= 11 is 5.39. The summed E-state index contributed by atoms with van der Waals surface area (Å²) in [7, 11) is 1.55. The smallest absolute Gasteiger partial charge is 0.388 e. The van der Waals surface area contributed by atoms with Crippen molar-refractivity contribution in [3.05, 3.63) is 88.6 Å². The van der Waals surface area contributed by atoms with Gasteiger partial charge in [0.2, 0.25) is 6.41 Å². The highest BCUT2D eigenvalue weighted by atomic mass is 35.5. The fourth-order valence-corrected chi connectivity index (χ4v) is 4.32. The van der Waals surface area contributed by atoms with E-state index in [1.165, 1.54) is 25.0 Å². The van der Waals surface area contributed by atoms with Crippen molar-refractivity contribution >= 4 is 52.0 Å². The molecule has 4 aromatic rings. The summed E-state index contributed by atoms with van der Waals surface area (Å²) in [5.41, 5.74) is 2.84. The summed E-state index contributed by atoms with van der Waals surface area (Å²) in [5.74, 6) is 0.779. The molecule has 39 heavy (non-hydrogen) atoms. The minimum atomic E-state index is -4.40. The molecule has 3 aromatic carbocycles. The fourth-order valence-electron chi connectivity index (χ4n) is 4.09. The second-order valence-electron chi connectivity index (χ2n) is 8.74. The number of alkyl halides is 3. The molecule has 0 saturated carbocycles. The number of amides is 1. The molecule has 1 saturated heterocycles. The van der Waals surface area contributed by atoms with E-state index in [1.54, 1.807) is 49.6 Å². The molecule has 2 heterocycles. The van der Waals surface area contributed by atoms with Crippen molar-refractivity contribution in [3.63, 3.8) is 0 Å². The number of nitrogens with zero attached hydrogens (tertiary/aromatic N) is 3. The predicted octanol–water partition coefficient (Wildman–Crippen LogP) is 6.43. The number of rotatable bonds is 6. The molecule has 1 fully saturated rings. The van der Waals surface area contributed by atoms with E-state index in [9.17, 15) is 22.8 Å². The van der Waals surface area contributed by atoms with Crippen molar-refractivity contribution in [2.24, 2.45) is 0 Å². The fraction of sp³-hybridized carbons (Fsp3) is 0.214. The lowest BCUT2D eigenvalue weighted by molar-refractivity contribution is -0.137. The second-order valence-corrected chi connectivity index (χ2v) is 9.14. The van der Waals surface area contributed by atoms with Gasteiger partial charge in [0, 0.05) is 42.6 Å². The number of nitrogens with one attached hydrogen (secondary N) is 2. The molecular weight excluding hydrogens is 531 g/mol. The molecule has 7 nitrogen and oxygen atoms in total. The van der Waals surface area contributed by atoms with Gasteiger partial charge in [-0.1, -0.05) is 11.6 Å². The van der Waals surface area contributed by atoms with Crippen LogP contribution < -0.4 is 15.5 Å². The standard InChI is InChI=1S/C20H18N4O2.C8H7ClF3N/c25-13-22-16-6-3-14(4-7-16)20(26)15-5-8-17-18(11-15)23-19(12-21-17)24-9-1-2-10-24;1-13-5-2-3-7(9)6(4-5)8(10,11)12/h3-8,11-13H,1-2,9-10H2,(H,22,25);2-4,13H,1H3. The van der Waals surface area contributed by atoms with Gasteiger partial charge < -0.3 is 15.5 Å². The molecule has 0 spiro atoms. The first-order chi connectivity index (χ1) is 18.7. The molecule has 0 unspecified atom stereocenters. The van der Waals surface area contributed by atoms with Crippen molar-refractivity contribution in [3.8, 4) is 0 Å². The molecule has 0 atom stereocenters. The number of benzene rings is 3. The highest BCUT2D eigenvalue weighted by Crippen LogP contribution is 2.36. The maximum atomic E-state index is 12.8. The van der Waals surface area contributed by atoms with Crippen LogP contribution in [0.25, 0.3) is 11.0 Å². The minimum absolute atomic E-state index is 0.0853. The van der Waals surface area contributed by atoms with Crippen molar-refractivity contribution in [2.75, 3.05) is 35.7 Å². The lowest BCUT2D eigenvalue weighted by Crippen LogP contribution is -2.19. The van der Waals surface area contributed by atoms with Crippen LogP contribution in [0, 0.1) is 0 Å². The molecule has 5 rings (SSSR count). The number of fused-ring (bicyclic) bond motifs is 1. The van der Waals surface area contributed by atoms with Crippen molar-refractivity contribution < 1.29 is 22.8 Å². The topological polar surface area (TPSA) is 87.2 Å². The van der Waals surface area contributed by atoms with Crippen LogP contribution in [0.1, 0.15) is 34.3 Å². The quantitative estimate of drug-likeness (QED) is 0.211. The highest BCUT2D eigenvalue weighted by Gasteiger charge is 2.33. The molecule has 2 N–H and O–H groups in total. The molecule has 0 radical (unpaired) electrons. The van der Waals surface area contributed by atoms with Gasteiger partial charge in [-0.25, -0.2) is 4.98 Å². The van der Waals surface area contributed by atoms with E-state index in [1.807, 2.05) is 6.07 Å². The first-order valence-corrected chi connectivity index (χ1v) is 12.5. The maximum Gasteiger partial charge on any atom is 0.417 e. The van der Waals surface area contributed by atoms with Gasteiger partial charge >= 0.3 is 6.18 Å². The van der Waals surface area contributed by atoms with Crippen LogP contribution in [-0.2, 0) is 11.0 Å². The molecule has 202 valence electrons. The van der Waals surface area contributed by atoms with Gasteiger partial charge in [-0.3, -0.25) is 14.6 Å². The van der Waals surface area contributed by atoms with Crippen LogP contribution in [0.3, 0.4) is 0 Å². The van der Waals surface area contributed by atoms with E-state index in [-0.39, 0.29) is 10.8 Å². The average Bonchev–Trinajstić information content (AvgIpc) is 3.48. The number of hydrogen-bond acceptors (Lipinski definition) is 6. The van der Waals surface area contributed by atoms with E-state index in [2.05, 4.69) is 20.5 Å². The van der Waals surface area contributed by atoms with Crippen LogP contribution in [0.5, 0.6) is 0 Å². The van der Waals surface area contributed by atoms with Crippen LogP contribution in [0.15, 0.2) is 66.9 Å². The second kappa shape index (κ2) is 12.1. The van der Waals surface area contributed by atoms with Crippen molar-refractivity contribution in [1.29, 1.82) is 0 Å². The van der Waals surface area contributed by atoms with Gasteiger partial charge in [-0.15, -0.1) is 0 Å². The normalized spacial score (nSPS) is 13.0. The third kappa shape index (κ3) is 6.83. The first kappa shape index (κ1) is 27.8. The minimum Gasteiger partial charge on any atom is -0.388 e. The van der Waals surface area contributed by atoms with Crippen LogP contribution in [0.2, 0.25) is 5.02 Å². The molecule has 1 amide bonds. The molecule has 0 bridgehead atoms. The lowest BCUT2D eigenvalue weighted by Gasteiger charge is -2.16. The third-order valence-electron chi connectivity index (χ3n) is 6.15. The Morgan fingerprint density at radius 2 is 1.62 bits per heavy atom. The first-order valence-electron chi connectivity index (χ1n) is 12.1. The Hall–Kier alpha value is -4.18. The lowest BCUT2D eigenvalue weighted by atomic mass is 10.0. The largest absolute Gasteiger partial charge is 0.417 e. The van der Waals surface area contributed by atoms with Gasteiger partial charge in [-0.2, -0.15) is 13.2 Å². The summed E-state index contributed by atoms with van der Waals surface area (Å²) in [5, 5.41) is 4.88. The Kier molecular flexibility index (Phi) is 8.65. The zero-order chi connectivity index (χ0) is 28.0. The van der Waals surface area contributed by atoms with E-state index < -0.39 is 11.7 Å². The van der Waals surface area contributed by atoms with Gasteiger partial charge in [0.1, 0.15) is 5.82 Å². The van der Waals surface area contributed by atoms with E-state index in [0.29, 0.717) is 28.9 Å². The molecular formula is C28H25ClF3N5O2. The number of hydrogen-bond donors (Lipinski definition) is 2. The van der Waals surface area contributed by atoms with Crippen LogP contribution >= 0.6 is 11.6 Å². The Morgan fingerprint density at radius 1 is 0.949 bits per heavy atom. The number of carbonyl (C=O) groups excluding carboxylic acids is 2. The van der Waals surface area contributed by atoms with E-state index in [0.717, 1.165) is 36.0 Å². The SMILES string of the molecule is CNc1ccc(Cl)c(C(F)(F)F)c1.O=CNc1ccc(C(=O)c2ccc3ncc(N4CCCC4)nc3c2)cc1. The van der Waals surface area contributed by atoms with Gasteiger partial charge in [0.15, 0.2) is 5.78 Å². The zero-order valence-corrected chi connectivity index (χ0v) is 21.7. The summed E-state index contributed by atoms with van der Waals surface area (Å²) in [6.45, 7) is 2.00. The Bertz CT molecular complexity index is 1470. The predicted molar refractivity (Wildman–Crippen MR) is 147 cm³/mol.